The van der Waals surface area contributed by atoms with E-state index in [-0.39, 0.29) is 19.5 Å². The topological polar surface area (TPSA) is 75.8 Å². The van der Waals surface area contributed by atoms with Crippen molar-refractivity contribution in [3.8, 4) is 34.4 Å². The first-order chi connectivity index (χ1) is 12.3. The molecule has 0 bridgehead atoms. The van der Waals surface area contributed by atoms with Gasteiger partial charge >= 0.3 is 0 Å². The molecular formula is C18H14N2O5. The molecule has 0 radical (unpaired) electrons. The summed E-state index contributed by atoms with van der Waals surface area (Å²) in [7, 11) is 0. The zero-order valence-corrected chi connectivity index (χ0v) is 13.4. The van der Waals surface area contributed by atoms with Crippen LogP contribution in [-0.4, -0.2) is 23.7 Å². The highest BCUT2D eigenvalue weighted by Crippen LogP contribution is 2.37. The first-order valence-electron chi connectivity index (χ1n) is 7.91. The molecule has 3 heterocycles. The van der Waals surface area contributed by atoms with Gasteiger partial charge < -0.3 is 23.5 Å². The van der Waals surface area contributed by atoms with Gasteiger partial charge in [0.2, 0.25) is 25.3 Å². The summed E-state index contributed by atoms with van der Waals surface area (Å²) < 4.78 is 26.9. The number of fused-ring (bicyclic) bond motifs is 2. The summed E-state index contributed by atoms with van der Waals surface area (Å²) in [6.07, 6.45) is 0. The monoisotopic (exact) mass is 338 g/mol. The van der Waals surface area contributed by atoms with Gasteiger partial charge in [0.1, 0.15) is 0 Å². The van der Waals surface area contributed by atoms with Gasteiger partial charge in [-0.05, 0) is 42.8 Å². The Morgan fingerprint density at radius 3 is 2.32 bits per heavy atom. The summed E-state index contributed by atoms with van der Waals surface area (Å²) in [5.74, 6) is 3.88. The second-order valence-corrected chi connectivity index (χ2v) is 5.86. The SMILES string of the molecule is C[C@@H](c1ccc2c(c1)OCO2)c1nc(-c2ccc3c(c2)OCO3)no1. The lowest BCUT2D eigenvalue weighted by Gasteiger charge is -2.07. The fraction of sp³-hybridized carbons (Fsp3) is 0.222. The molecule has 0 N–H and O–H groups in total. The molecule has 1 atom stereocenters. The van der Waals surface area contributed by atoms with Crippen LogP contribution in [0.5, 0.6) is 23.0 Å². The number of rotatable bonds is 3. The summed E-state index contributed by atoms with van der Waals surface area (Å²) in [5.41, 5.74) is 1.84. The van der Waals surface area contributed by atoms with Crippen molar-refractivity contribution >= 4 is 0 Å². The van der Waals surface area contributed by atoms with Crippen LogP contribution >= 0.6 is 0 Å². The number of hydrogen-bond acceptors (Lipinski definition) is 7. The number of benzene rings is 2. The van der Waals surface area contributed by atoms with E-state index in [0.29, 0.717) is 17.5 Å². The molecule has 0 fully saturated rings. The van der Waals surface area contributed by atoms with E-state index in [2.05, 4.69) is 10.1 Å². The third-order valence-corrected chi connectivity index (χ3v) is 4.34. The molecule has 1 aromatic heterocycles. The molecule has 3 aromatic rings. The maximum absolute atomic E-state index is 5.47. The van der Waals surface area contributed by atoms with E-state index >= 15 is 0 Å². The fourth-order valence-corrected chi connectivity index (χ4v) is 2.89. The van der Waals surface area contributed by atoms with Crippen molar-refractivity contribution in [2.24, 2.45) is 0 Å². The lowest BCUT2D eigenvalue weighted by atomic mass is 10.0. The van der Waals surface area contributed by atoms with Crippen molar-refractivity contribution in [2.75, 3.05) is 13.6 Å². The van der Waals surface area contributed by atoms with Crippen LogP contribution in [0.15, 0.2) is 40.9 Å². The Hall–Kier alpha value is -3.22. The van der Waals surface area contributed by atoms with E-state index in [9.17, 15) is 0 Å². The zero-order valence-electron chi connectivity index (χ0n) is 13.4. The summed E-state index contributed by atoms with van der Waals surface area (Å²) in [4.78, 5) is 4.53. The largest absolute Gasteiger partial charge is 0.454 e. The van der Waals surface area contributed by atoms with E-state index < -0.39 is 0 Å². The Balaban J connectivity index is 1.44. The van der Waals surface area contributed by atoms with Crippen molar-refractivity contribution in [3.05, 3.63) is 47.9 Å². The highest BCUT2D eigenvalue weighted by Gasteiger charge is 2.22. The lowest BCUT2D eigenvalue weighted by molar-refractivity contribution is 0.173. The van der Waals surface area contributed by atoms with Crippen LogP contribution in [0, 0.1) is 0 Å². The molecule has 25 heavy (non-hydrogen) atoms. The Morgan fingerprint density at radius 1 is 0.840 bits per heavy atom. The van der Waals surface area contributed by atoms with Gasteiger partial charge in [-0.2, -0.15) is 4.98 Å². The summed E-state index contributed by atoms with van der Waals surface area (Å²) in [6.45, 7) is 2.49. The summed E-state index contributed by atoms with van der Waals surface area (Å²) in [5, 5.41) is 4.09. The van der Waals surface area contributed by atoms with Crippen molar-refractivity contribution in [3.63, 3.8) is 0 Å². The second kappa shape index (κ2) is 5.41. The molecule has 0 saturated heterocycles. The summed E-state index contributed by atoms with van der Waals surface area (Å²) in [6, 6.07) is 11.4. The van der Waals surface area contributed by atoms with Crippen LogP contribution in [0.25, 0.3) is 11.4 Å². The van der Waals surface area contributed by atoms with Gasteiger partial charge in [0.05, 0.1) is 5.92 Å². The molecule has 0 unspecified atom stereocenters. The van der Waals surface area contributed by atoms with Gasteiger partial charge in [0, 0.05) is 5.56 Å². The third kappa shape index (κ3) is 2.36. The van der Waals surface area contributed by atoms with Gasteiger partial charge in [-0.15, -0.1) is 0 Å². The average molecular weight is 338 g/mol. The first kappa shape index (κ1) is 14.2. The Labute approximate surface area is 143 Å². The molecule has 2 aliphatic heterocycles. The quantitative estimate of drug-likeness (QED) is 0.725. The smallest absolute Gasteiger partial charge is 0.234 e. The number of aromatic nitrogens is 2. The standard InChI is InChI=1S/C18H14N2O5/c1-10(11-2-4-13-15(6-11)23-8-21-13)18-19-17(20-25-18)12-3-5-14-16(7-12)24-9-22-14/h2-7,10H,8-9H2,1H3/t10-/m0/s1. The third-order valence-electron chi connectivity index (χ3n) is 4.34. The van der Waals surface area contributed by atoms with Crippen LogP contribution in [-0.2, 0) is 0 Å². The zero-order chi connectivity index (χ0) is 16.8. The highest BCUT2D eigenvalue weighted by molar-refractivity contribution is 5.61. The van der Waals surface area contributed by atoms with Crippen LogP contribution < -0.4 is 18.9 Å². The van der Waals surface area contributed by atoms with Crippen molar-refractivity contribution in [2.45, 2.75) is 12.8 Å². The normalized spacial score (nSPS) is 15.4. The number of nitrogens with zero attached hydrogens (tertiary/aromatic N) is 2. The minimum absolute atomic E-state index is 0.0650. The van der Waals surface area contributed by atoms with Gasteiger partial charge in [0.25, 0.3) is 0 Å². The van der Waals surface area contributed by atoms with Crippen molar-refractivity contribution in [1.82, 2.24) is 10.1 Å². The average Bonchev–Trinajstić information content (AvgIpc) is 3.39. The van der Waals surface area contributed by atoms with E-state index in [4.69, 9.17) is 23.5 Å². The molecule has 0 amide bonds. The van der Waals surface area contributed by atoms with Crippen LogP contribution in [0.2, 0.25) is 0 Å². The molecule has 7 heteroatoms. The first-order valence-corrected chi connectivity index (χ1v) is 7.91. The minimum Gasteiger partial charge on any atom is -0.454 e. The second-order valence-electron chi connectivity index (χ2n) is 5.86. The van der Waals surface area contributed by atoms with Crippen molar-refractivity contribution < 1.29 is 23.5 Å². The molecule has 0 aliphatic carbocycles. The van der Waals surface area contributed by atoms with Gasteiger partial charge in [-0.1, -0.05) is 11.2 Å². The van der Waals surface area contributed by atoms with Gasteiger partial charge in [-0.3, -0.25) is 0 Å². The van der Waals surface area contributed by atoms with Crippen LogP contribution in [0.3, 0.4) is 0 Å². The molecule has 0 spiro atoms. The minimum atomic E-state index is -0.0650. The highest BCUT2D eigenvalue weighted by atomic mass is 16.7. The molecule has 5 rings (SSSR count). The Kier molecular flexibility index (Phi) is 3.06. The van der Waals surface area contributed by atoms with E-state index in [1.54, 1.807) is 0 Å². The van der Waals surface area contributed by atoms with E-state index in [1.807, 2.05) is 43.3 Å². The summed E-state index contributed by atoms with van der Waals surface area (Å²) >= 11 is 0. The molecule has 7 nitrogen and oxygen atoms in total. The predicted molar refractivity (Wildman–Crippen MR) is 85.9 cm³/mol. The van der Waals surface area contributed by atoms with Crippen LogP contribution in [0.4, 0.5) is 0 Å². The number of ether oxygens (including phenoxy) is 4. The lowest BCUT2D eigenvalue weighted by Crippen LogP contribution is -1.96. The van der Waals surface area contributed by atoms with Gasteiger partial charge in [0.15, 0.2) is 23.0 Å². The Bertz CT molecular complexity index is 952. The van der Waals surface area contributed by atoms with E-state index in [1.165, 1.54) is 0 Å². The fourth-order valence-electron chi connectivity index (χ4n) is 2.89. The predicted octanol–water partition coefficient (Wildman–Crippen LogP) is 3.35. The van der Waals surface area contributed by atoms with Crippen molar-refractivity contribution in [1.29, 1.82) is 0 Å². The maximum atomic E-state index is 5.47. The maximum Gasteiger partial charge on any atom is 0.234 e. The molecule has 0 saturated carbocycles. The van der Waals surface area contributed by atoms with E-state index in [0.717, 1.165) is 28.4 Å². The van der Waals surface area contributed by atoms with Gasteiger partial charge in [-0.25, -0.2) is 0 Å². The number of hydrogen-bond donors (Lipinski definition) is 0. The molecule has 126 valence electrons. The Morgan fingerprint density at radius 2 is 1.52 bits per heavy atom. The molecule has 2 aliphatic rings. The molecular weight excluding hydrogens is 324 g/mol. The van der Waals surface area contributed by atoms with Crippen LogP contribution in [0.1, 0.15) is 24.3 Å². The molecule has 2 aromatic carbocycles.